The third-order valence-corrected chi connectivity index (χ3v) is 7.06. The number of hydrogen-bond acceptors (Lipinski definition) is 4. The van der Waals surface area contributed by atoms with Crippen molar-refractivity contribution in [2.24, 2.45) is 4.99 Å². The summed E-state index contributed by atoms with van der Waals surface area (Å²) in [6.07, 6.45) is 0. The van der Waals surface area contributed by atoms with Gasteiger partial charge in [0, 0.05) is 28.3 Å². The summed E-state index contributed by atoms with van der Waals surface area (Å²) >= 11 is 13.0. The molecule has 2 aromatic carbocycles. The zero-order valence-electron chi connectivity index (χ0n) is 18.7. The predicted octanol–water partition coefficient (Wildman–Crippen LogP) is 0.855. The number of piperazine rings is 1. The first kappa shape index (κ1) is 22.5. The van der Waals surface area contributed by atoms with Gasteiger partial charge in [-0.3, -0.25) is 9.56 Å². The molecule has 1 saturated heterocycles. The van der Waals surface area contributed by atoms with Gasteiger partial charge in [-0.25, -0.2) is 0 Å². The van der Waals surface area contributed by atoms with Crippen LogP contribution in [0.5, 0.6) is 0 Å². The highest BCUT2D eigenvalue weighted by atomic mass is 35.5. The Morgan fingerprint density at radius 3 is 2.55 bits per heavy atom. The van der Waals surface area contributed by atoms with Crippen LogP contribution in [0.15, 0.2) is 47.5 Å². The molecule has 0 bridgehead atoms. The van der Waals surface area contributed by atoms with Gasteiger partial charge in [-0.15, -0.1) is 10.2 Å². The van der Waals surface area contributed by atoms with Crippen LogP contribution in [-0.2, 0) is 17.8 Å². The van der Waals surface area contributed by atoms with Crippen LogP contribution in [0.4, 0.5) is 0 Å². The number of aliphatic imine (C=N–C) groups is 1. The molecule has 0 saturated carbocycles. The van der Waals surface area contributed by atoms with Gasteiger partial charge in [-0.2, -0.15) is 0 Å². The number of benzene rings is 2. The molecule has 0 aliphatic carbocycles. The third kappa shape index (κ3) is 4.69. The van der Waals surface area contributed by atoms with E-state index in [1.54, 1.807) is 12.0 Å². The molecule has 33 heavy (non-hydrogen) atoms. The Hall–Kier alpha value is -2.29. The highest BCUT2D eigenvalue weighted by Crippen LogP contribution is 2.30. The molecule has 3 aromatic rings. The van der Waals surface area contributed by atoms with E-state index in [-0.39, 0.29) is 0 Å². The molecule has 2 N–H and O–H groups in total. The van der Waals surface area contributed by atoms with E-state index in [2.05, 4.69) is 14.8 Å². The Balaban J connectivity index is 1.45. The molecule has 9 heteroatoms. The summed E-state index contributed by atoms with van der Waals surface area (Å²) in [4.78, 5) is 8.04. The molecule has 0 amide bonds. The van der Waals surface area contributed by atoms with Gasteiger partial charge in [0.1, 0.15) is 45.8 Å². The van der Waals surface area contributed by atoms with Crippen molar-refractivity contribution in [3.05, 3.63) is 75.3 Å². The second-order valence-corrected chi connectivity index (χ2v) is 9.44. The van der Waals surface area contributed by atoms with Crippen molar-refractivity contribution in [2.75, 3.05) is 46.4 Å². The van der Waals surface area contributed by atoms with Gasteiger partial charge >= 0.3 is 0 Å². The number of nitrogens with zero attached hydrogens (tertiary/aromatic N) is 4. The van der Waals surface area contributed by atoms with Crippen molar-refractivity contribution in [3.63, 3.8) is 0 Å². The van der Waals surface area contributed by atoms with Gasteiger partial charge in [0.15, 0.2) is 11.6 Å². The minimum absolute atomic E-state index is 0.435. The summed E-state index contributed by atoms with van der Waals surface area (Å²) in [6.45, 7) is 7.65. The normalized spacial score (nSPS) is 20.0. The third-order valence-electron chi connectivity index (χ3n) is 6.49. The molecule has 3 heterocycles. The Morgan fingerprint density at radius 2 is 1.76 bits per heavy atom. The van der Waals surface area contributed by atoms with Gasteiger partial charge < -0.3 is 14.5 Å². The molecular weight excluding hydrogens is 459 g/mol. The fourth-order valence-electron chi connectivity index (χ4n) is 4.71. The van der Waals surface area contributed by atoms with Crippen LogP contribution in [0.25, 0.3) is 5.69 Å². The average molecular weight is 487 g/mol. The summed E-state index contributed by atoms with van der Waals surface area (Å²) in [5, 5.41) is 10.4. The van der Waals surface area contributed by atoms with E-state index in [0.29, 0.717) is 16.6 Å². The quantitative estimate of drug-likeness (QED) is 0.543. The largest absolute Gasteiger partial charge is 0.379 e. The van der Waals surface area contributed by atoms with Crippen molar-refractivity contribution in [3.8, 4) is 5.69 Å². The lowest BCUT2D eigenvalue weighted by Gasteiger charge is -2.29. The maximum Gasteiger partial charge on any atom is 0.192 e. The number of hydrogen-bond donors (Lipinski definition) is 2. The van der Waals surface area contributed by atoms with E-state index in [4.69, 9.17) is 32.9 Å². The first-order valence-electron chi connectivity index (χ1n) is 11.3. The Kier molecular flexibility index (Phi) is 6.76. The van der Waals surface area contributed by atoms with Gasteiger partial charge in [0.25, 0.3) is 0 Å². The first-order chi connectivity index (χ1) is 16.1. The molecule has 7 nitrogen and oxygen atoms in total. The SMILES string of the molecule is COCC[NH+]1CC[NH+](Cc2nnc3n2-c2ccc(Cl)cc2C(c2ccccc2Cl)=NC3)CC1. The Bertz CT molecular complexity index is 1170. The molecule has 1 aromatic heterocycles. The fraction of sp³-hybridized carbons (Fsp3) is 0.375. The standard InChI is InChI=1S/C24H26Cl2N6O/c1-33-13-12-30-8-10-31(11-9-30)16-23-29-28-22-15-27-24(18-4-2-3-5-20(18)26)19-14-17(25)6-7-21(19)32(22)23/h2-7,14H,8-13,15-16H2,1H3/p+2. The van der Waals surface area contributed by atoms with Crippen LogP contribution >= 0.6 is 23.2 Å². The van der Waals surface area contributed by atoms with Crippen LogP contribution in [0.1, 0.15) is 22.8 Å². The van der Waals surface area contributed by atoms with E-state index in [1.807, 2.05) is 42.5 Å². The smallest absolute Gasteiger partial charge is 0.192 e. The zero-order valence-corrected chi connectivity index (χ0v) is 20.2. The second kappa shape index (κ2) is 9.91. The molecule has 0 atom stereocenters. The molecule has 0 radical (unpaired) electrons. The number of ether oxygens (including phenoxy) is 1. The monoisotopic (exact) mass is 486 g/mol. The molecule has 1 fully saturated rings. The maximum absolute atomic E-state index is 6.54. The van der Waals surface area contributed by atoms with Gasteiger partial charge in [0.05, 0.1) is 18.0 Å². The summed E-state index contributed by atoms with van der Waals surface area (Å²) in [5.74, 6) is 1.79. The van der Waals surface area contributed by atoms with Crippen molar-refractivity contribution < 1.29 is 14.5 Å². The molecule has 172 valence electrons. The van der Waals surface area contributed by atoms with E-state index in [1.165, 1.54) is 4.90 Å². The zero-order chi connectivity index (χ0) is 22.8. The molecule has 2 aliphatic rings. The van der Waals surface area contributed by atoms with E-state index in [0.717, 1.165) is 80.1 Å². The topological polar surface area (TPSA) is 61.2 Å². The van der Waals surface area contributed by atoms with Crippen LogP contribution in [0, 0.1) is 0 Å². The number of halogens is 2. The van der Waals surface area contributed by atoms with Gasteiger partial charge in [-0.05, 0) is 24.3 Å². The van der Waals surface area contributed by atoms with Crippen LogP contribution < -0.4 is 9.80 Å². The van der Waals surface area contributed by atoms with Crippen LogP contribution in [0.2, 0.25) is 10.0 Å². The summed E-state index contributed by atoms with van der Waals surface area (Å²) < 4.78 is 7.41. The van der Waals surface area contributed by atoms with Gasteiger partial charge in [0.2, 0.25) is 0 Å². The highest BCUT2D eigenvalue weighted by Gasteiger charge is 2.28. The molecule has 5 rings (SSSR count). The lowest BCUT2D eigenvalue weighted by molar-refractivity contribution is -1.02. The predicted molar refractivity (Wildman–Crippen MR) is 129 cm³/mol. The number of fused-ring (bicyclic) bond motifs is 3. The van der Waals surface area contributed by atoms with Crippen molar-refractivity contribution in [1.82, 2.24) is 14.8 Å². The molecule has 0 spiro atoms. The maximum atomic E-state index is 6.54. The summed E-state index contributed by atoms with van der Waals surface area (Å²) in [5.41, 5.74) is 3.66. The van der Waals surface area contributed by atoms with Crippen molar-refractivity contribution in [1.29, 1.82) is 0 Å². The first-order valence-corrected chi connectivity index (χ1v) is 12.1. The van der Waals surface area contributed by atoms with E-state index >= 15 is 0 Å². The minimum atomic E-state index is 0.435. The molecule has 2 aliphatic heterocycles. The Morgan fingerprint density at radius 1 is 0.970 bits per heavy atom. The second-order valence-electron chi connectivity index (χ2n) is 8.59. The van der Waals surface area contributed by atoms with Gasteiger partial charge in [-0.1, -0.05) is 41.4 Å². The van der Waals surface area contributed by atoms with Crippen molar-refractivity contribution in [2.45, 2.75) is 13.1 Å². The number of aromatic nitrogens is 3. The van der Waals surface area contributed by atoms with E-state index < -0.39 is 0 Å². The fourth-order valence-corrected chi connectivity index (χ4v) is 5.11. The number of methoxy groups -OCH3 is 1. The summed E-state index contributed by atoms with van der Waals surface area (Å²) in [7, 11) is 1.77. The number of rotatable bonds is 6. The number of quaternary nitrogens is 2. The minimum Gasteiger partial charge on any atom is -0.379 e. The van der Waals surface area contributed by atoms with Crippen molar-refractivity contribution >= 4 is 28.9 Å². The average Bonchev–Trinajstić information content (AvgIpc) is 3.14. The highest BCUT2D eigenvalue weighted by molar-refractivity contribution is 6.36. The number of nitrogens with one attached hydrogen (secondary N) is 2. The van der Waals surface area contributed by atoms with E-state index in [9.17, 15) is 0 Å². The van der Waals surface area contributed by atoms with Crippen LogP contribution in [0.3, 0.4) is 0 Å². The van der Waals surface area contributed by atoms with Crippen LogP contribution in [-0.4, -0.2) is 66.9 Å². The lowest BCUT2D eigenvalue weighted by Crippen LogP contribution is -3.27. The molecular formula is C24H28Cl2N6O+2. The summed E-state index contributed by atoms with van der Waals surface area (Å²) in [6, 6.07) is 13.7. The Labute approximate surface area is 203 Å². The lowest BCUT2D eigenvalue weighted by atomic mass is 10.0. The molecule has 0 unspecified atom stereocenters.